The molecule has 0 aliphatic carbocycles. The first-order valence-electron chi connectivity index (χ1n) is 17.8. The van der Waals surface area contributed by atoms with E-state index in [0.717, 1.165) is 12.8 Å². The Labute approximate surface area is 241 Å². The van der Waals surface area contributed by atoms with Crippen LogP contribution in [0.25, 0.3) is 0 Å². The Hall–Kier alpha value is -0.530. The molecule has 0 N–H and O–H groups in total. The molecule has 0 radical (unpaired) electrons. The number of hydrogen-bond donors (Lipinski definition) is 0. The maximum Gasteiger partial charge on any atom is 0.308 e. The minimum atomic E-state index is 0.0288. The number of ether oxygens (including phenoxy) is 1. The molecule has 0 heterocycles. The number of carbonyl (C=O) groups excluding carboxylic acids is 1. The van der Waals surface area contributed by atoms with Gasteiger partial charge in [-0.2, -0.15) is 0 Å². The minimum absolute atomic E-state index is 0.0288. The van der Waals surface area contributed by atoms with Crippen LogP contribution in [0.2, 0.25) is 0 Å². The molecule has 2 nitrogen and oxygen atoms in total. The van der Waals surface area contributed by atoms with Crippen LogP contribution in [-0.2, 0) is 9.53 Å². The number of rotatable bonds is 31. The van der Waals surface area contributed by atoms with E-state index in [-0.39, 0.29) is 18.0 Å². The topological polar surface area (TPSA) is 26.3 Å². The maximum absolute atomic E-state index is 12.4. The monoisotopic (exact) mass is 537 g/mol. The normalized spacial score (nSPS) is 13.1. The molecule has 2 unspecified atom stereocenters. The number of hydrogen-bond acceptors (Lipinski definition) is 2. The molecule has 2 heteroatoms. The van der Waals surface area contributed by atoms with Crippen molar-refractivity contribution in [2.45, 2.75) is 220 Å². The first kappa shape index (κ1) is 37.5. The summed E-state index contributed by atoms with van der Waals surface area (Å²) in [7, 11) is 0. The van der Waals surface area contributed by atoms with Crippen LogP contribution in [-0.4, -0.2) is 12.1 Å². The molecule has 0 aliphatic rings. The molecule has 0 aromatic heterocycles. The Morgan fingerprint density at radius 2 is 0.684 bits per heavy atom. The van der Waals surface area contributed by atoms with E-state index in [1.165, 1.54) is 173 Å². The zero-order valence-corrected chi connectivity index (χ0v) is 27.0. The van der Waals surface area contributed by atoms with Crippen molar-refractivity contribution in [1.82, 2.24) is 0 Å². The van der Waals surface area contributed by atoms with Gasteiger partial charge in [0, 0.05) is 0 Å². The summed E-state index contributed by atoms with van der Waals surface area (Å²) in [4.78, 5) is 12.4. The second kappa shape index (κ2) is 31.0. The molecule has 0 saturated heterocycles. The fraction of sp³-hybridized carbons (Fsp3) is 0.972. The van der Waals surface area contributed by atoms with Gasteiger partial charge in [-0.1, -0.05) is 188 Å². The summed E-state index contributed by atoms with van der Waals surface area (Å²) in [6.07, 6.45) is 39.4. The molecule has 0 aliphatic heterocycles. The highest BCUT2D eigenvalue weighted by Gasteiger charge is 2.16. The first-order chi connectivity index (χ1) is 18.6. The standard InChI is InChI=1S/C36H72O2/c1-5-7-9-11-13-15-17-18-19-20-21-23-25-27-29-31-33-35(4)38-36(37)34(3)32-30-28-26-24-22-16-14-12-10-8-6-2/h34-35H,5-33H2,1-4H3. The highest BCUT2D eigenvalue weighted by atomic mass is 16.5. The predicted octanol–water partition coefficient (Wildman–Crippen LogP) is 12.9. The van der Waals surface area contributed by atoms with Gasteiger partial charge in [-0.25, -0.2) is 0 Å². The summed E-state index contributed by atoms with van der Waals surface area (Å²) in [6.45, 7) is 8.71. The zero-order chi connectivity index (χ0) is 27.9. The lowest BCUT2D eigenvalue weighted by molar-refractivity contribution is -0.153. The van der Waals surface area contributed by atoms with Gasteiger partial charge in [-0.05, 0) is 26.2 Å². The van der Waals surface area contributed by atoms with Crippen molar-refractivity contribution in [2.24, 2.45) is 5.92 Å². The van der Waals surface area contributed by atoms with E-state index in [1.807, 2.05) is 0 Å². The zero-order valence-electron chi connectivity index (χ0n) is 27.0. The van der Waals surface area contributed by atoms with Gasteiger partial charge in [0.25, 0.3) is 0 Å². The quantitative estimate of drug-likeness (QED) is 0.0650. The van der Waals surface area contributed by atoms with Gasteiger partial charge in [0.1, 0.15) is 0 Å². The molecule has 0 saturated carbocycles. The van der Waals surface area contributed by atoms with Crippen LogP contribution in [0.5, 0.6) is 0 Å². The molecular formula is C36H72O2. The Kier molecular flexibility index (Phi) is 30.6. The number of esters is 1. The summed E-state index contributed by atoms with van der Waals surface area (Å²) in [5, 5.41) is 0. The Morgan fingerprint density at radius 3 is 1.00 bits per heavy atom. The molecule has 228 valence electrons. The van der Waals surface area contributed by atoms with Crippen molar-refractivity contribution in [1.29, 1.82) is 0 Å². The van der Waals surface area contributed by atoms with Crippen LogP contribution in [0.15, 0.2) is 0 Å². The Balaban J connectivity index is 3.40. The largest absolute Gasteiger partial charge is 0.462 e. The summed E-state index contributed by atoms with van der Waals surface area (Å²) in [6, 6.07) is 0. The van der Waals surface area contributed by atoms with Crippen LogP contribution in [0.4, 0.5) is 0 Å². The minimum Gasteiger partial charge on any atom is -0.462 e. The van der Waals surface area contributed by atoms with Gasteiger partial charge in [-0.15, -0.1) is 0 Å². The fourth-order valence-corrected chi connectivity index (χ4v) is 5.59. The van der Waals surface area contributed by atoms with E-state index >= 15 is 0 Å². The second-order valence-corrected chi connectivity index (χ2v) is 12.6. The fourth-order valence-electron chi connectivity index (χ4n) is 5.59. The van der Waals surface area contributed by atoms with Crippen LogP contribution in [0.3, 0.4) is 0 Å². The molecular weight excluding hydrogens is 464 g/mol. The third-order valence-electron chi connectivity index (χ3n) is 8.42. The van der Waals surface area contributed by atoms with E-state index in [1.54, 1.807) is 0 Å². The van der Waals surface area contributed by atoms with Gasteiger partial charge < -0.3 is 4.74 Å². The average Bonchev–Trinajstić information content (AvgIpc) is 2.91. The SMILES string of the molecule is CCCCCCCCCCCCCCCCCCC(C)OC(=O)C(C)CCCCCCCCCCCCC. The van der Waals surface area contributed by atoms with E-state index in [0.29, 0.717) is 0 Å². The molecule has 0 aromatic carbocycles. The average molecular weight is 537 g/mol. The van der Waals surface area contributed by atoms with Crippen molar-refractivity contribution in [3.05, 3.63) is 0 Å². The maximum atomic E-state index is 12.4. The van der Waals surface area contributed by atoms with Crippen molar-refractivity contribution < 1.29 is 9.53 Å². The Morgan fingerprint density at radius 1 is 0.421 bits per heavy atom. The van der Waals surface area contributed by atoms with E-state index in [9.17, 15) is 4.79 Å². The lowest BCUT2D eigenvalue weighted by Gasteiger charge is -2.17. The summed E-state index contributed by atoms with van der Waals surface area (Å²) >= 11 is 0. The Bertz CT molecular complexity index is 460. The number of unbranched alkanes of at least 4 members (excludes halogenated alkanes) is 25. The molecule has 0 bridgehead atoms. The van der Waals surface area contributed by atoms with Crippen molar-refractivity contribution in [3.8, 4) is 0 Å². The van der Waals surface area contributed by atoms with E-state index in [2.05, 4.69) is 27.7 Å². The van der Waals surface area contributed by atoms with Gasteiger partial charge in [0.2, 0.25) is 0 Å². The smallest absolute Gasteiger partial charge is 0.308 e. The molecule has 0 amide bonds. The van der Waals surface area contributed by atoms with E-state index in [4.69, 9.17) is 4.74 Å². The van der Waals surface area contributed by atoms with Gasteiger partial charge in [-0.3, -0.25) is 4.79 Å². The molecule has 0 rings (SSSR count). The summed E-state index contributed by atoms with van der Waals surface area (Å²) < 4.78 is 5.75. The van der Waals surface area contributed by atoms with Gasteiger partial charge in [0.05, 0.1) is 12.0 Å². The van der Waals surface area contributed by atoms with Gasteiger partial charge in [0.15, 0.2) is 0 Å². The lowest BCUT2D eigenvalue weighted by Crippen LogP contribution is -2.20. The van der Waals surface area contributed by atoms with Crippen LogP contribution in [0, 0.1) is 5.92 Å². The van der Waals surface area contributed by atoms with E-state index < -0.39 is 0 Å². The summed E-state index contributed by atoms with van der Waals surface area (Å²) in [5.74, 6) is 0.0860. The van der Waals surface area contributed by atoms with Gasteiger partial charge >= 0.3 is 5.97 Å². The molecule has 0 aromatic rings. The predicted molar refractivity (Wildman–Crippen MR) is 170 cm³/mol. The molecule has 0 spiro atoms. The third-order valence-corrected chi connectivity index (χ3v) is 8.42. The highest BCUT2D eigenvalue weighted by molar-refractivity contribution is 5.72. The molecule has 38 heavy (non-hydrogen) atoms. The second-order valence-electron chi connectivity index (χ2n) is 12.6. The van der Waals surface area contributed by atoms with Crippen molar-refractivity contribution in [2.75, 3.05) is 0 Å². The van der Waals surface area contributed by atoms with Crippen molar-refractivity contribution >= 4 is 5.97 Å². The lowest BCUT2D eigenvalue weighted by atomic mass is 10.0. The molecule has 0 fully saturated rings. The summed E-state index contributed by atoms with van der Waals surface area (Å²) in [5.41, 5.74) is 0. The number of carbonyl (C=O) groups is 1. The third kappa shape index (κ3) is 28.5. The highest BCUT2D eigenvalue weighted by Crippen LogP contribution is 2.18. The van der Waals surface area contributed by atoms with Crippen LogP contribution >= 0.6 is 0 Å². The van der Waals surface area contributed by atoms with Crippen molar-refractivity contribution in [3.63, 3.8) is 0 Å². The van der Waals surface area contributed by atoms with Crippen LogP contribution < -0.4 is 0 Å². The molecule has 2 atom stereocenters. The first-order valence-corrected chi connectivity index (χ1v) is 17.8. The van der Waals surface area contributed by atoms with Crippen LogP contribution in [0.1, 0.15) is 214 Å².